The van der Waals surface area contributed by atoms with Crippen LogP contribution in [0.5, 0.6) is 0 Å². The van der Waals surface area contributed by atoms with Gasteiger partial charge >= 0.3 is 12.1 Å². The molecule has 1 aromatic carbocycles. The number of aromatic nitrogens is 2. The average molecular weight is 401 g/mol. The Labute approximate surface area is 160 Å². The lowest BCUT2D eigenvalue weighted by atomic mass is 10.0. The van der Waals surface area contributed by atoms with E-state index < -0.39 is 23.6 Å². The summed E-state index contributed by atoms with van der Waals surface area (Å²) in [6.07, 6.45) is -3.20. The molecule has 10 heteroatoms. The van der Waals surface area contributed by atoms with Crippen LogP contribution in [0.3, 0.4) is 0 Å². The van der Waals surface area contributed by atoms with Crippen LogP contribution in [-0.2, 0) is 10.9 Å². The number of hydrogen-bond donors (Lipinski definition) is 0. The molecule has 1 aromatic heterocycles. The molecule has 3 rings (SSSR count). The summed E-state index contributed by atoms with van der Waals surface area (Å²) >= 11 is 0. The van der Waals surface area contributed by atoms with Crippen molar-refractivity contribution in [3.8, 4) is 0 Å². The largest absolute Gasteiger partial charge is 0.465 e. The topological polar surface area (TPSA) is 64.4 Å². The molecule has 2 heterocycles. The first kappa shape index (κ1) is 20.8. The van der Waals surface area contributed by atoms with Crippen LogP contribution < -0.4 is 4.90 Å². The Hall–Kier alpha value is -2.49. The van der Waals surface area contributed by atoms with Crippen molar-refractivity contribution in [2.75, 3.05) is 18.6 Å². The highest BCUT2D eigenvalue weighted by atomic mass is 32.1. The number of amides is 1. The van der Waals surface area contributed by atoms with Crippen LogP contribution in [0.1, 0.15) is 44.9 Å². The summed E-state index contributed by atoms with van der Waals surface area (Å²) in [7, 11) is 1.19. The maximum atomic E-state index is 13.0. The van der Waals surface area contributed by atoms with Crippen molar-refractivity contribution in [2.45, 2.75) is 26.1 Å². The van der Waals surface area contributed by atoms with E-state index in [9.17, 15) is 22.8 Å². The van der Waals surface area contributed by atoms with Gasteiger partial charge in [0.05, 0.1) is 24.9 Å². The van der Waals surface area contributed by atoms with Gasteiger partial charge in [-0.2, -0.15) is 31.8 Å². The number of nitrogens with zero attached hydrogens (tertiary/aromatic N) is 3. The van der Waals surface area contributed by atoms with Crippen molar-refractivity contribution < 1.29 is 27.5 Å². The highest BCUT2D eigenvalue weighted by Crippen LogP contribution is 2.35. The van der Waals surface area contributed by atoms with Gasteiger partial charge in [0.25, 0.3) is 5.91 Å². The number of rotatable bonds is 2. The van der Waals surface area contributed by atoms with Crippen LogP contribution in [0.4, 0.5) is 18.9 Å². The number of halogens is 3. The van der Waals surface area contributed by atoms with Gasteiger partial charge in [0.2, 0.25) is 0 Å². The summed E-state index contributed by atoms with van der Waals surface area (Å²) in [6.45, 7) is 3.36. The lowest BCUT2D eigenvalue weighted by Crippen LogP contribution is -2.43. The molecule has 27 heavy (non-hydrogen) atoms. The zero-order chi connectivity index (χ0) is 19.2. The number of anilines is 1. The van der Waals surface area contributed by atoms with E-state index >= 15 is 0 Å². The van der Waals surface area contributed by atoms with Gasteiger partial charge in [-0.05, 0) is 37.6 Å². The number of hydrogen-bond acceptors (Lipinski definition) is 4. The molecule has 6 nitrogen and oxygen atoms in total. The van der Waals surface area contributed by atoms with E-state index in [1.54, 1.807) is 6.92 Å². The second kappa shape index (κ2) is 7.26. The van der Waals surface area contributed by atoms with Crippen molar-refractivity contribution in [3.05, 3.63) is 46.8 Å². The fraction of sp³-hybridized carbons (Fsp3) is 0.353. The number of methoxy groups -OCH3 is 1. The van der Waals surface area contributed by atoms with Crippen molar-refractivity contribution in [2.24, 2.45) is 0 Å². The summed E-state index contributed by atoms with van der Waals surface area (Å²) in [5, 5.41) is 4.07. The monoisotopic (exact) mass is 401 g/mol. The third kappa shape index (κ3) is 3.53. The van der Waals surface area contributed by atoms with Crippen LogP contribution in [0.15, 0.2) is 24.4 Å². The van der Waals surface area contributed by atoms with Crippen molar-refractivity contribution in [1.82, 2.24) is 9.78 Å². The number of esters is 1. The maximum Gasteiger partial charge on any atom is 0.416 e. The summed E-state index contributed by atoms with van der Waals surface area (Å²) in [6, 6.07) is 3.26. The normalized spacial score (nSPS) is 16.6. The Morgan fingerprint density at radius 1 is 1.33 bits per heavy atom. The molecule has 0 saturated heterocycles. The van der Waals surface area contributed by atoms with Gasteiger partial charge < -0.3 is 9.64 Å². The first-order chi connectivity index (χ1) is 12.1. The molecule has 1 aliphatic heterocycles. The van der Waals surface area contributed by atoms with Crippen molar-refractivity contribution in [1.29, 1.82) is 0 Å². The summed E-state index contributed by atoms with van der Waals surface area (Å²) in [4.78, 5) is 26.1. The number of benzene rings is 1. The minimum atomic E-state index is -4.46. The molecular formula is C17H18F3N3O3S. The molecule has 0 spiro atoms. The molecule has 1 aliphatic rings. The SMILES string of the molecule is COC(=O)c1cnn2c1C(=O)N(c1ccc(C(F)(F)F)c(C)c1)C[C@@H]2C.S. The smallest absolute Gasteiger partial charge is 0.416 e. The molecule has 0 bridgehead atoms. The van der Waals surface area contributed by atoms with E-state index in [4.69, 9.17) is 0 Å². The van der Waals surface area contributed by atoms with Crippen molar-refractivity contribution in [3.63, 3.8) is 0 Å². The number of alkyl halides is 3. The molecular weight excluding hydrogens is 383 g/mol. The fourth-order valence-electron chi connectivity index (χ4n) is 3.08. The molecule has 0 radical (unpaired) electrons. The zero-order valence-corrected chi connectivity index (χ0v) is 15.8. The average Bonchev–Trinajstić information content (AvgIpc) is 3.02. The minimum absolute atomic E-state index is 0. The number of carbonyl (C=O) groups excluding carboxylic acids is 2. The Kier molecular flexibility index (Phi) is 5.60. The molecule has 0 fully saturated rings. The van der Waals surface area contributed by atoms with E-state index in [-0.39, 0.29) is 42.9 Å². The second-order valence-electron chi connectivity index (χ2n) is 6.10. The standard InChI is InChI=1S/C17H16F3N3O3.H2S/c1-9-6-11(4-5-13(9)17(18,19)20)22-8-10(2)23-14(15(22)24)12(7-21-23)16(25)26-3;/h4-7,10H,8H2,1-3H3;1H2/t10-;/m0./s1. The number of ether oxygens (including phenoxy) is 1. The number of fused-ring (bicyclic) bond motifs is 1. The van der Waals surface area contributed by atoms with Gasteiger partial charge in [-0.1, -0.05) is 0 Å². The van der Waals surface area contributed by atoms with Gasteiger partial charge in [-0.15, -0.1) is 0 Å². The molecule has 0 aliphatic carbocycles. The van der Waals surface area contributed by atoms with Gasteiger partial charge in [0.1, 0.15) is 11.3 Å². The van der Waals surface area contributed by atoms with E-state index in [1.807, 2.05) is 0 Å². The molecule has 1 amide bonds. The quantitative estimate of drug-likeness (QED) is 0.724. The predicted octanol–water partition coefficient (Wildman–Crippen LogP) is 3.33. The second-order valence-corrected chi connectivity index (χ2v) is 6.10. The number of aryl methyl sites for hydroxylation is 1. The zero-order valence-electron chi connectivity index (χ0n) is 14.8. The Balaban J connectivity index is 0.00000261. The van der Waals surface area contributed by atoms with E-state index in [0.717, 1.165) is 6.07 Å². The van der Waals surface area contributed by atoms with Crippen molar-refractivity contribution >= 4 is 31.1 Å². The molecule has 1 atom stereocenters. The van der Waals surface area contributed by atoms with E-state index in [0.29, 0.717) is 5.69 Å². The van der Waals surface area contributed by atoms with Gasteiger partial charge in [-0.25, -0.2) is 4.79 Å². The van der Waals surface area contributed by atoms with E-state index in [1.165, 1.54) is 41.9 Å². The van der Waals surface area contributed by atoms with Crippen LogP contribution in [-0.4, -0.2) is 35.3 Å². The number of carbonyl (C=O) groups is 2. The van der Waals surface area contributed by atoms with Gasteiger partial charge in [0.15, 0.2) is 0 Å². The molecule has 0 N–H and O–H groups in total. The lowest BCUT2D eigenvalue weighted by Gasteiger charge is -2.32. The van der Waals surface area contributed by atoms with Gasteiger partial charge in [0, 0.05) is 12.2 Å². The third-order valence-electron chi connectivity index (χ3n) is 4.34. The summed E-state index contributed by atoms with van der Waals surface area (Å²) in [5.74, 6) is -1.21. The fourth-order valence-corrected chi connectivity index (χ4v) is 3.08. The highest BCUT2D eigenvalue weighted by Gasteiger charge is 2.37. The van der Waals surface area contributed by atoms with Crippen LogP contribution >= 0.6 is 13.5 Å². The first-order valence-corrected chi connectivity index (χ1v) is 7.80. The maximum absolute atomic E-state index is 13.0. The Morgan fingerprint density at radius 2 is 2.00 bits per heavy atom. The van der Waals surface area contributed by atoms with Crippen LogP contribution in [0, 0.1) is 6.92 Å². The molecule has 0 saturated carbocycles. The molecule has 2 aromatic rings. The Morgan fingerprint density at radius 3 is 2.56 bits per heavy atom. The summed E-state index contributed by atoms with van der Waals surface area (Å²) < 4.78 is 45.0. The van der Waals surface area contributed by atoms with E-state index in [2.05, 4.69) is 9.84 Å². The molecule has 146 valence electrons. The highest BCUT2D eigenvalue weighted by molar-refractivity contribution is 7.59. The Bertz CT molecular complexity index is 895. The minimum Gasteiger partial charge on any atom is -0.465 e. The predicted molar refractivity (Wildman–Crippen MR) is 96.5 cm³/mol. The molecule has 0 unspecified atom stereocenters. The summed E-state index contributed by atoms with van der Waals surface area (Å²) in [5.41, 5.74) is -0.316. The van der Waals surface area contributed by atoms with Crippen LogP contribution in [0.25, 0.3) is 0 Å². The van der Waals surface area contributed by atoms with Crippen LogP contribution in [0.2, 0.25) is 0 Å². The van der Waals surface area contributed by atoms with Gasteiger partial charge in [-0.3, -0.25) is 9.48 Å². The lowest BCUT2D eigenvalue weighted by molar-refractivity contribution is -0.138. The first-order valence-electron chi connectivity index (χ1n) is 7.80. The third-order valence-corrected chi connectivity index (χ3v) is 4.34.